The molecule has 194 valence electrons. The molecule has 4 aliphatic heterocycles. The zero-order valence-corrected chi connectivity index (χ0v) is 20.9. The lowest BCUT2D eigenvalue weighted by Crippen LogP contribution is -2.53. The van der Waals surface area contributed by atoms with Gasteiger partial charge in [0.1, 0.15) is 6.17 Å². The Morgan fingerprint density at radius 2 is 2.11 bits per heavy atom. The molecule has 0 aromatic heterocycles. The second kappa shape index (κ2) is 10.2. The fourth-order valence-electron chi connectivity index (χ4n) is 6.01. The summed E-state index contributed by atoms with van der Waals surface area (Å²) >= 11 is 0. The van der Waals surface area contributed by atoms with Crippen molar-refractivity contribution in [2.75, 3.05) is 44.7 Å². The fraction of sp³-hybridized carbons (Fsp3) is 0.538. The van der Waals surface area contributed by atoms with Crippen LogP contribution in [0.3, 0.4) is 0 Å². The fourth-order valence-corrected chi connectivity index (χ4v) is 6.01. The summed E-state index contributed by atoms with van der Waals surface area (Å²) in [5.74, 6) is 0.0589. The number of nitrogens with zero attached hydrogens (tertiary/aromatic N) is 4. The molecule has 1 aromatic rings. The second-order valence-electron chi connectivity index (χ2n) is 9.89. The van der Waals surface area contributed by atoms with Crippen LogP contribution in [-0.2, 0) is 11.2 Å². The molecule has 1 saturated heterocycles. The molecule has 0 aliphatic carbocycles. The van der Waals surface area contributed by atoms with E-state index in [9.17, 15) is 13.6 Å². The molecule has 8 nitrogen and oxygen atoms in total. The zero-order valence-electron chi connectivity index (χ0n) is 20.9. The number of nitrogens with two attached hydrogens (primary N) is 1. The number of hydrogen-bond donors (Lipinski definition) is 3. The molecule has 5 rings (SSSR count). The Morgan fingerprint density at radius 1 is 1.28 bits per heavy atom. The highest BCUT2D eigenvalue weighted by atomic mass is 19.3. The van der Waals surface area contributed by atoms with Crippen LogP contribution < -0.4 is 21.4 Å². The largest absolute Gasteiger partial charge is 0.404 e. The van der Waals surface area contributed by atoms with E-state index in [1.807, 2.05) is 11.0 Å². The molecule has 1 amide bonds. The number of amides is 1. The number of fused-ring (bicyclic) bond motifs is 1. The molecule has 0 saturated carbocycles. The summed E-state index contributed by atoms with van der Waals surface area (Å²) in [7, 11) is 1.60. The highest BCUT2D eigenvalue weighted by Crippen LogP contribution is 2.41. The number of carbonyl (C=O) groups excluding carboxylic acids is 1. The van der Waals surface area contributed by atoms with Crippen molar-refractivity contribution in [1.29, 1.82) is 0 Å². The minimum Gasteiger partial charge on any atom is -0.404 e. The quantitative estimate of drug-likeness (QED) is 0.540. The van der Waals surface area contributed by atoms with Crippen LogP contribution in [0.4, 0.5) is 14.5 Å². The summed E-state index contributed by atoms with van der Waals surface area (Å²) < 4.78 is 28.6. The third-order valence-electron chi connectivity index (χ3n) is 7.79. The monoisotopic (exact) mass is 499 g/mol. The lowest BCUT2D eigenvalue weighted by atomic mass is 9.91. The zero-order chi connectivity index (χ0) is 25.4. The molecule has 36 heavy (non-hydrogen) atoms. The van der Waals surface area contributed by atoms with Crippen molar-refractivity contribution in [1.82, 2.24) is 20.7 Å². The molecular weight excluding hydrogens is 464 g/mol. The predicted molar refractivity (Wildman–Crippen MR) is 138 cm³/mol. The molecule has 4 aliphatic rings. The van der Waals surface area contributed by atoms with Gasteiger partial charge in [-0.2, -0.15) is 0 Å². The van der Waals surface area contributed by atoms with Gasteiger partial charge >= 0.3 is 0 Å². The maximum absolute atomic E-state index is 14.3. The van der Waals surface area contributed by atoms with E-state index < -0.39 is 6.43 Å². The third-order valence-corrected chi connectivity index (χ3v) is 7.79. The highest BCUT2D eigenvalue weighted by Gasteiger charge is 2.42. The number of alkyl halides is 2. The van der Waals surface area contributed by atoms with Gasteiger partial charge in [0.15, 0.2) is 0 Å². The van der Waals surface area contributed by atoms with E-state index in [1.54, 1.807) is 20.0 Å². The van der Waals surface area contributed by atoms with E-state index in [2.05, 4.69) is 25.6 Å². The van der Waals surface area contributed by atoms with E-state index in [1.165, 1.54) is 23.7 Å². The summed E-state index contributed by atoms with van der Waals surface area (Å²) in [6, 6.07) is 3.82. The Labute approximate surface area is 210 Å². The molecule has 4 N–H and O–H groups in total. The van der Waals surface area contributed by atoms with E-state index in [0.717, 1.165) is 56.6 Å². The Balaban J connectivity index is 1.56. The second-order valence-corrected chi connectivity index (χ2v) is 9.89. The number of hydrogen-bond acceptors (Lipinski definition) is 7. The minimum atomic E-state index is -2.65. The molecule has 0 bridgehead atoms. The predicted octanol–water partition coefficient (Wildman–Crippen LogP) is 2.39. The number of aliphatic imine (C=N–C) groups is 1. The normalized spacial score (nSPS) is 24.8. The number of anilines is 1. The number of nitrogens with one attached hydrogen (secondary N) is 2. The molecule has 1 aromatic carbocycles. The van der Waals surface area contributed by atoms with Crippen LogP contribution in [0.5, 0.6) is 0 Å². The summed E-state index contributed by atoms with van der Waals surface area (Å²) in [5, 5.41) is 5.74. The first-order valence-corrected chi connectivity index (χ1v) is 12.7. The summed E-state index contributed by atoms with van der Waals surface area (Å²) in [6.07, 6.45) is 3.57. The van der Waals surface area contributed by atoms with Gasteiger partial charge in [-0.3, -0.25) is 9.79 Å². The minimum absolute atomic E-state index is 0.0460. The van der Waals surface area contributed by atoms with Gasteiger partial charge in [0.05, 0.1) is 6.04 Å². The molecule has 2 unspecified atom stereocenters. The van der Waals surface area contributed by atoms with E-state index >= 15 is 0 Å². The van der Waals surface area contributed by atoms with Gasteiger partial charge in [-0.1, -0.05) is 0 Å². The Kier molecular flexibility index (Phi) is 6.98. The van der Waals surface area contributed by atoms with Gasteiger partial charge < -0.3 is 25.9 Å². The van der Waals surface area contributed by atoms with Crippen LogP contribution in [0, 0.1) is 0 Å². The van der Waals surface area contributed by atoms with E-state index in [4.69, 9.17) is 5.73 Å². The van der Waals surface area contributed by atoms with E-state index in [-0.39, 0.29) is 17.6 Å². The number of halogens is 2. The summed E-state index contributed by atoms with van der Waals surface area (Å²) in [4.78, 5) is 20.3. The molecule has 2 atom stereocenters. The maximum atomic E-state index is 14.3. The molecule has 10 heteroatoms. The standard InChI is InChI=1S/C26H35F2N7O/c1-16(36)33-9-6-23-22(15-33)26(32-35(23)19-5-7-31-14-19)34-8-3-4-17-10-20(18(12-29)13-30-2)21(25(27)28)11-24(17)34/h10-13,19,25-26,31-32H,3-9,14-15,29H2,1-2H3. The van der Waals surface area contributed by atoms with Crippen LogP contribution in [0.15, 0.2) is 34.6 Å². The smallest absolute Gasteiger partial charge is 0.264 e. The third kappa shape index (κ3) is 4.37. The summed E-state index contributed by atoms with van der Waals surface area (Å²) in [6.45, 7) is 5.47. The van der Waals surface area contributed by atoms with Gasteiger partial charge in [0.2, 0.25) is 5.91 Å². The van der Waals surface area contributed by atoms with Gasteiger partial charge in [-0.25, -0.2) is 14.2 Å². The topological polar surface area (TPSA) is 89.2 Å². The van der Waals surface area contributed by atoms with E-state index in [0.29, 0.717) is 30.3 Å². The maximum Gasteiger partial charge on any atom is 0.264 e. The van der Waals surface area contributed by atoms with Crippen molar-refractivity contribution in [3.63, 3.8) is 0 Å². The Bertz CT molecular complexity index is 1110. The molecule has 0 radical (unpaired) electrons. The van der Waals surface area contributed by atoms with Gasteiger partial charge in [-0.05, 0) is 49.1 Å². The number of hydrazine groups is 1. The molecule has 4 heterocycles. The van der Waals surface area contributed by atoms with Crippen LogP contribution >= 0.6 is 0 Å². The van der Waals surface area contributed by atoms with Crippen LogP contribution in [-0.4, -0.2) is 74.0 Å². The van der Waals surface area contributed by atoms with Crippen LogP contribution in [0.2, 0.25) is 0 Å². The first kappa shape index (κ1) is 24.7. The first-order chi connectivity index (χ1) is 17.4. The number of carbonyl (C=O) groups is 1. The lowest BCUT2D eigenvalue weighted by Gasteiger charge is -2.39. The van der Waals surface area contributed by atoms with Gasteiger partial charge in [0, 0.05) is 87.1 Å². The first-order valence-electron chi connectivity index (χ1n) is 12.7. The average Bonchev–Trinajstić information content (AvgIpc) is 3.53. The Hall–Kier alpha value is -2.98. The van der Waals surface area contributed by atoms with Crippen molar-refractivity contribution in [3.8, 4) is 0 Å². The van der Waals surface area contributed by atoms with Crippen LogP contribution in [0.1, 0.15) is 49.3 Å². The van der Waals surface area contributed by atoms with Gasteiger partial charge in [0.25, 0.3) is 6.43 Å². The van der Waals surface area contributed by atoms with Crippen molar-refractivity contribution < 1.29 is 13.6 Å². The number of benzene rings is 1. The van der Waals surface area contributed by atoms with Crippen molar-refractivity contribution in [2.45, 2.75) is 51.2 Å². The van der Waals surface area contributed by atoms with Gasteiger partial charge in [-0.15, -0.1) is 0 Å². The summed E-state index contributed by atoms with van der Waals surface area (Å²) in [5.41, 5.74) is 14.6. The molecule has 1 fully saturated rings. The molecular formula is C26H35F2N7O. The SMILES string of the molecule is CN=CC(=CN)c1cc2c(cc1C(F)F)N(C1NN(C3CCNC3)C3=C1CN(C(C)=O)CC3)CCC2. The van der Waals surface area contributed by atoms with Crippen molar-refractivity contribution in [2.24, 2.45) is 10.7 Å². The lowest BCUT2D eigenvalue weighted by molar-refractivity contribution is -0.128. The highest BCUT2D eigenvalue weighted by molar-refractivity contribution is 6.10. The average molecular weight is 500 g/mol. The number of allylic oxidation sites excluding steroid dienone is 1. The molecule has 0 spiro atoms. The number of aryl methyl sites for hydroxylation is 1. The van der Waals surface area contributed by atoms with Crippen LogP contribution in [0.25, 0.3) is 5.57 Å². The van der Waals surface area contributed by atoms with Crippen molar-refractivity contribution >= 4 is 23.4 Å². The Morgan fingerprint density at radius 3 is 2.78 bits per heavy atom. The number of rotatable bonds is 5. The van der Waals surface area contributed by atoms with Crippen molar-refractivity contribution in [3.05, 3.63) is 46.3 Å².